The lowest BCUT2D eigenvalue weighted by Crippen LogP contribution is -2.21. The molecule has 108 valence electrons. The molecular formula is C15H19Cl2N3. The predicted octanol–water partition coefficient (Wildman–Crippen LogP) is 3.98. The average Bonchev–Trinajstić information content (AvgIpc) is 2.81. The van der Waals surface area contributed by atoms with Crippen LogP contribution in [0, 0.1) is 5.92 Å². The molecule has 0 saturated heterocycles. The van der Waals surface area contributed by atoms with Crippen LogP contribution in [0.25, 0.3) is 0 Å². The third-order valence-electron chi connectivity index (χ3n) is 2.99. The van der Waals surface area contributed by atoms with Gasteiger partial charge in [0.15, 0.2) is 0 Å². The first-order chi connectivity index (χ1) is 9.56. The summed E-state index contributed by atoms with van der Waals surface area (Å²) in [6.45, 7) is 6.78. The number of benzene rings is 1. The summed E-state index contributed by atoms with van der Waals surface area (Å²) in [5.74, 6) is 1.63. The Hall–Kier alpha value is -1.03. The summed E-state index contributed by atoms with van der Waals surface area (Å²) in [5.41, 5.74) is 1.00. The van der Waals surface area contributed by atoms with Crippen molar-refractivity contribution >= 4 is 23.2 Å². The van der Waals surface area contributed by atoms with Crippen LogP contribution in [0.15, 0.2) is 30.6 Å². The minimum absolute atomic E-state index is 0.626. The summed E-state index contributed by atoms with van der Waals surface area (Å²) in [6, 6.07) is 5.52. The fourth-order valence-corrected chi connectivity index (χ4v) is 2.34. The van der Waals surface area contributed by atoms with E-state index in [4.69, 9.17) is 23.2 Å². The molecule has 0 fully saturated rings. The molecule has 0 amide bonds. The lowest BCUT2D eigenvalue weighted by atomic mass is 10.2. The Labute approximate surface area is 129 Å². The number of nitrogens with zero attached hydrogens (tertiary/aromatic N) is 2. The highest BCUT2D eigenvalue weighted by molar-refractivity contribution is 6.33. The second kappa shape index (κ2) is 7.11. The Morgan fingerprint density at radius 1 is 1.30 bits per heavy atom. The van der Waals surface area contributed by atoms with E-state index in [-0.39, 0.29) is 0 Å². The summed E-state index contributed by atoms with van der Waals surface area (Å²) in [7, 11) is 0. The molecule has 2 rings (SSSR count). The molecule has 0 aliphatic heterocycles. The van der Waals surface area contributed by atoms with Gasteiger partial charge >= 0.3 is 0 Å². The topological polar surface area (TPSA) is 29.9 Å². The molecule has 1 heterocycles. The Balaban J connectivity index is 2.06. The molecule has 2 aromatic rings. The molecule has 3 nitrogen and oxygen atoms in total. The summed E-state index contributed by atoms with van der Waals surface area (Å²) in [4.78, 5) is 4.39. The monoisotopic (exact) mass is 311 g/mol. The second-order valence-corrected chi connectivity index (χ2v) is 6.08. The zero-order chi connectivity index (χ0) is 14.5. The number of imidazole rings is 1. The maximum Gasteiger partial charge on any atom is 0.122 e. The highest BCUT2D eigenvalue weighted by Gasteiger charge is 2.07. The van der Waals surface area contributed by atoms with Crippen LogP contribution < -0.4 is 5.32 Å². The number of aromatic nitrogens is 2. The third-order valence-corrected chi connectivity index (χ3v) is 3.59. The first kappa shape index (κ1) is 15.4. The number of halogens is 2. The summed E-state index contributed by atoms with van der Waals surface area (Å²) in [6.07, 6.45) is 3.77. The van der Waals surface area contributed by atoms with E-state index in [9.17, 15) is 0 Å². The highest BCUT2D eigenvalue weighted by Crippen LogP contribution is 2.21. The van der Waals surface area contributed by atoms with Crippen LogP contribution in [0.4, 0.5) is 0 Å². The van der Waals surface area contributed by atoms with Crippen LogP contribution >= 0.6 is 23.2 Å². The molecule has 5 heteroatoms. The summed E-state index contributed by atoms with van der Waals surface area (Å²) in [5, 5.41) is 4.82. The minimum Gasteiger partial charge on any atom is -0.329 e. The zero-order valence-corrected chi connectivity index (χ0v) is 13.2. The number of hydrogen-bond donors (Lipinski definition) is 1. The van der Waals surface area contributed by atoms with Crippen molar-refractivity contribution in [2.75, 3.05) is 6.54 Å². The van der Waals surface area contributed by atoms with Gasteiger partial charge in [-0.15, -0.1) is 0 Å². The Morgan fingerprint density at radius 3 is 2.85 bits per heavy atom. The molecule has 20 heavy (non-hydrogen) atoms. The second-order valence-electron chi connectivity index (χ2n) is 5.23. The van der Waals surface area contributed by atoms with Gasteiger partial charge < -0.3 is 9.88 Å². The fourth-order valence-electron chi connectivity index (χ4n) is 1.97. The summed E-state index contributed by atoms with van der Waals surface area (Å²) >= 11 is 12.2. The molecule has 0 aliphatic carbocycles. The quantitative estimate of drug-likeness (QED) is 0.874. The lowest BCUT2D eigenvalue weighted by Gasteiger charge is -2.11. The smallest absolute Gasteiger partial charge is 0.122 e. The standard InChI is InChI=1S/C15H19Cl2N3/c1-11(2)8-18-9-15-19-5-6-20(15)10-12-7-13(16)3-4-14(12)17/h3-7,11,18H,8-10H2,1-2H3. The first-order valence-corrected chi connectivity index (χ1v) is 7.46. The third kappa shape index (κ3) is 4.23. The van der Waals surface area contributed by atoms with Crippen molar-refractivity contribution in [2.24, 2.45) is 5.92 Å². The Morgan fingerprint density at radius 2 is 2.10 bits per heavy atom. The van der Waals surface area contributed by atoms with Crippen molar-refractivity contribution in [1.82, 2.24) is 14.9 Å². The normalized spacial score (nSPS) is 11.2. The van der Waals surface area contributed by atoms with Gasteiger partial charge in [-0.3, -0.25) is 0 Å². The molecular weight excluding hydrogens is 293 g/mol. The van der Waals surface area contributed by atoms with Crippen LogP contribution in [-0.2, 0) is 13.1 Å². The maximum absolute atomic E-state index is 6.20. The van der Waals surface area contributed by atoms with Crippen LogP contribution in [-0.4, -0.2) is 16.1 Å². The minimum atomic E-state index is 0.626. The van der Waals surface area contributed by atoms with E-state index in [1.807, 2.05) is 24.5 Å². The fraction of sp³-hybridized carbons (Fsp3) is 0.400. The molecule has 1 N–H and O–H groups in total. The number of rotatable bonds is 6. The van der Waals surface area contributed by atoms with Gasteiger partial charge in [-0.05, 0) is 36.2 Å². The lowest BCUT2D eigenvalue weighted by molar-refractivity contribution is 0.533. The molecule has 0 unspecified atom stereocenters. The zero-order valence-electron chi connectivity index (χ0n) is 11.7. The molecule has 0 aliphatic rings. The predicted molar refractivity (Wildman–Crippen MR) is 84.3 cm³/mol. The van der Waals surface area contributed by atoms with E-state index in [1.165, 1.54) is 0 Å². The highest BCUT2D eigenvalue weighted by atomic mass is 35.5. The SMILES string of the molecule is CC(C)CNCc1nccn1Cc1cc(Cl)ccc1Cl. The molecule has 0 spiro atoms. The molecule has 1 aromatic carbocycles. The number of nitrogens with one attached hydrogen (secondary N) is 1. The van der Waals surface area contributed by atoms with E-state index in [1.54, 1.807) is 6.07 Å². The van der Waals surface area contributed by atoms with Gasteiger partial charge in [-0.25, -0.2) is 4.98 Å². The average molecular weight is 312 g/mol. The Bertz CT molecular complexity index is 564. The van der Waals surface area contributed by atoms with Crippen molar-refractivity contribution in [3.05, 3.63) is 52.0 Å². The van der Waals surface area contributed by atoms with E-state index < -0.39 is 0 Å². The molecule has 0 radical (unpaired) electrons. The first-order valence-electron chi connectivity index (χ1n) is 6.71. The van der Waals surface area contributed by atoms with Crippen LogP contribution in [0.5, 0.6) is 0 Å². The Kier molecular flexibility index (Phi) is 5.46. The van der Waals surface area contributed by atoms with Gasteiger partial charge in [0.05, 0.1) is 13.1 Å². The van der Waals surface area contributed by atoms with Gasteiger partial charge in [0.1, 0.15) is 5.82 Å². The van der Waals surface area contributed by atoms with Crippen LogP contribution in [0.3, 0.4) is 0 Å². The molecule has 0 atom stereocenters. The molecule has 0 bridgehead atoms. The van der Waals surface area contributed by atoms with Gasteiger partial charge in [0.2, 0.25) is 0 Å². The maximum atomic E-state index is 6.20. The van der Waals surface area contributed by atoms with Crippen molar-refractivity contribution in [3.63, 3.8) is 0 Å². The van der Waals surface area contributed by atoms with Gasteiger partial charge in [-0.1, -0.05) is 37.0 Å². The van der Waals surface area contributed by atoms with Crippen molar-refractivity contribution < 1.29 is 0 Å². The van der Waals surface area contributed by atoms with Gasteiger partial charge in [-0.2, -0.15) is 0 Å². The molecule has 0 saturated carbocycles. The number of hydrogen-bond acceptors (Lipinski definition) is 2. The van der Waals surface area contributed by atoms with Crippen molar-refractivity contribution in [2.45, 2.75) is 26.9 Å². The van der Waals surface area contributed by atoms with E-state index in [0.29, 0.717) is 17.5 Å². The van der Waals surface area contributed by atoms with Gasteiger partial charge in [0, 0.05) is 22.4 Å². The van der Waals surface area contributed by atoms with E-state index in [2.05, 4.69) is 28.7 Å². The largest absolute Gasteiger partial charge is 0.329 e. The van der Waals surface area contributed by atoms with Crippen molar-refractivity contribution in [3.8, 4) is 0 Å². The van der Waals surface area contributed by atoms with E-state index in [0.717, 1.165) is 29.5 Å². The van der Waals surface area contributed by atoms with E-state index >= 15 is 0 Å². The summed E-state index contributed by atoms with van der Waals surface area (Å²) < 4.78 is 2.09. The van der Waals surface area contributed by atoms with Crippen LogP contribution in [0.2, 0.25) is 10.0 Å². The van der Waals surface area contributed by atoms with Crippen LogP contribution in [0.1, 0.15) is 25.2 Å². The molecule has 1 aromatic heterocycles. The van der Waals surface area contributed by atoms with Crippen molar-refractivity contribution in [1.29, 1.82) is 0 Å². The van der Waals surface area contributed by atoms with Gasteiger partial charge in [0.25, 0.3) is 0 Å².